The summed E-state index contributed by atoms with van der Waals surface area (Å²) in [5, 5.41) is 11.6. The lowest BCUT2D eigenvalue weighted by Crippen LogP contribution is -2.23. The van der Waals surface area contributed by atoms with Gasteiger partial charge in [0.2, 0.25) is 0 Å². The molecule has 0 saturated carbocycles. The molecule has 0 bridgehead atoms. The van der Waals surface area contributed by atoms with Crippen molar-refractivity contribution in [3.8, 4) is 6.07 Å². The van der Waals surface area contributed by atoms with Gasteiger partial charge in [-0.25, -0.2) is 0 Å². The molecule has 0 spiro atoms. The number of rotatable bonds is 7. The van der Waals surface area contributed by atoms with E-state index < -0.39 is 0 Å². The molecule has 0 amide bonds. The van der Waals surface area contributed by atoms with Crippen LogP contribution in [0.3, 0.4) is 0 Å². The molecule has 0 aromatic heterocycles. The fraction of sp³-hybridized carbons (Fsp3) is 0.615. The van der Waals surface area contributed by atoms with E-state index in [1.807, 2.05) is 12.3 Å². The summed E-state index contributed by atoms with van der Waals surface area (Å²) >= 11 is 0. The molecule has 1 rings (SSSR count). The molecule has 0 atom stereocenters. The average Bonchev–Trinajstić information content (AvgIpc) is 2.42. The first kappa shape index (κ1) is 14.4. The molecule has 1 aliphatic rings. The fourth-order valence-corrected chi connectivity index (χ4v) is 1.75. The van der Waals surface area contributed by atoms with Gasteiger partial charge in [0.1, 0.15) is 6.54 Å². The summed E-state index contributed by atoms with van der Waals surface area (Å²) in [6.07, 6.45) is 9.43. The van der Waals surface area contributed by atoms with Crippen LogP contribution in [0.1, 0.15) is 19.3 Å². The van der Waals surface area contributed by atoms with Crippen LogP contribution in [0.15, 0.2) is 29.1 Å². The van der Waals surface area contributed by atoms with E-state index in [1.54, 1.807) is 6.08 Å². The summed E-state index contributed by atoms with van der Waals surface area (Å²) in [6, 6.07) is 2.07. The van der Waals surface area contributed by atoms with Crippen LogP contribution in [0.5, 0.6) is 0 Å². The smallest absolute Gasteiger partial charge is 0.104 e. The van der Waals surface area contributed by atoms with Gasteiger partial charge in [0.15, 0.2) is 0 Å². The van der Waals surface area contributed by atoms with E-state index in [-0.39, 0.29) is 19.8 Å². The predicted molar refractivity (Wildman–Crippen MR) is 69.7 cm³/mol. The summed E-state index contributed by atoms with van der Waals surface area (Å²) < 4.78 is 5.14. The third-order valence-electron chi connectivity index (χ3n) is 2.71. The minimum Gasteiger partial charge on any atom is -0.377 e. The van der Waals surface area contributed by atoms with Crippen molar-refractivity contribution in [2.45, 2.75) is 19.3 Å². The van der Waals surface area contributed by atoms with Gasteiger partial charge in [0.05, 0.1) is 24.9 Å². The lowest BCUT2D eigenvalue weighted by molar-refractivity contribution is 0.166. The fourth-order valence-electron chi connectivity index (χ4n) is 1.75. The molecule has 98 valence electrons. The Hall–Kier alpha value is -1.67. The topological polar surface area (TPSA) is 65.7 Å². The number of nitroso groups, excluding NO2 is 1. The maximum atomic E-state index is 9.84. The number of piperidine rings is 1. The first-order valence-corrected chi connectivity index (χ1v) is 6.25. The molecule has 0 aromatic carbocycles. The quantitative estimate of drug-likeness (QED) is 0.300. The molecule has 1 fully saturated rings. The van der Waals surface area contributed by atoms with E-state index in [0.717, 1.165) is 13.1 Å². The zero-order valence-corrected chi connectivity index (χ0v) is 10.5. The second-order valence-corrected chi connectivity index (χ2v) is 4.15. The monoisotopic (exact) mass is 249 g/mol. The lowest BCUT2D eigenvalue weighted by Gasteiger charge is -2.24. The number of nitriles is 1. The van der Waals surface area contributed by atoms with Gasteiger partial charge in [-0.15, -0.1) is 0 Å². The van der Waals surface area contributed by atoms with Crippen LogP contribution in [0.2, 0.25) is 0 Å². The van der Waals surface area contributed by atoms with Gasteiger partial charge < -0.3 is 9.64 Å². The Morgan fingerprint density at radius 2 is 2.17 bits per heavy atom. The van der Waals surface area contributed by atoms with Crippen molar-refractivity contribution in [1.29, 1.82) is 5.26 Å². The van der Waals surface area contributed by atoms with Gasteiger partial charge in [-0.2, -0.15) is 10.2 Å². The SMILES string of the molecule is N#C/C(=C\C=C\N1CCCCC1)COCCN=O. The van der Waals surface area contributed by atoms with E-state index >= 15 is 0 Å². The normalized spacial score (nSPS) is 16.8. The Labute approximate surface area is 108 Å². The van der Waals surface area contributed by atoms with Gasteiger partial charge in [-0.05, 0) is 37.6 Å². The predicted octanol–water partition coefficient (Wildman–Crippen LogP) is 2.22. The van der Waals surface area contributed by atoms with E-state index in [0.29, 0.717) is 5.57 Å². The highest BCUT2D eigenvalue weighted by Crippen LogP contribution is 2.08. The summed E-state index contributed by atoms with van der Waals surface area (Å²) in [5.41, 5.74) is 0.550. The third kappa shape index (κ3) is 6.16. The van der Waals surface area contributed by atoms with Gasteiger partial charge in [0, 0.05) is 13.1 Å². The summed E-state index contributed by atoms with van der Waals surface area (Å²) in [5.74, 6) is 0. The number of ether oxygens (including phenoxy) is 1. The van der Waals surface area contributed by atoms with Crippen molar-refractivity contribution in [3.63, 3.8) is 0 Å². The van der Waals surface area contributed by atoms with Crippen molar-refractivity contribution in [1.82, 2.24) is 4.90 Å². The third-order valence-corrected chi connectivity index (χ3v) is 2.71. The number of likely N-dealkylation sites (tertiary alicyclic amines) is 1. The lowest BCUT2D eigenvalue weighted by atomic mass is 10.1. The molecular formula is C13H19N3O2. The number of hydrogen-bond acceptors (Lipinski definition) is 5. The molecule has 5 heteroatoms. The van der Waals surface area contributed by atoms with E-state index in [9.17, 15) is 4.91 Å². The van der Waals surface area contributed by atoms with E-state index in [2.05, 4.69) is 16.1 Å². The van der Waals surface area contributed by atoms with Crippen LogP contribution in [0.25, 0.3) is 0 Å². The Morgan fingerprint density at radius 1 is 1.39 bits per heavy atom. The standard InChI is InChI=1S/C13H19N3O2/c14-11-13(12-18-10-6-15-17)5-4-9-16-7-2-1-3-8-16/h4-5,9H,1-3,6-8,10,12H2/b9-4+,13-5+. The number of nitrogens with zero attached hydrogens (tertiary/aromatic N) is 3. The molecule has 0 aliphatic carbocycles. The molecule has 1 aliphatic heterocycles. The average molecular weight is 249 g/mol. The van der Waals surface area contributed by atoms with Gasteiger partial charge in [0.25, 0.3) is 0 Å². The summed E-state index contributed by atoms with van der Waals surface area (Å²) in [4.78, 5) is 12.1. The van der Waals surface area contributed by atoms with Crippen LogP contribution in [-0.4, -0.2) is 37.7 Å². The maximum Gasteiger partial charge on any atom is 0.104 e. The minimum absolute atomic E-state index is 0.127. The highest BCUT2D eigenvalue weighted by molar-refractivity contribution is 5.25. The highest BCUT2D eigenvalue weighted by Gasteiger charge is 2.04. The van der Waals surface area contributed by atoms with E-state index in [4.69, 9.17) is 10.00 Å². The van der Waals surface area contributed by atoms with Crippen molar-refractivity contribution in [2.24, 2.45) is 5.18 Å². The van der Waals surface area contributed by atoms with Crippen LogP contribution in [-0.2, 0) is 4.74 Å². The maximum absolute atomic E-state index is 9.84. The molecule has 1 saturated heterocycles. The molecule has 0 aromatic rings. The van der Waals surface area contributed by atoms with Crippen molar-refractivity contribution in [2.75, 3.05) is 32.8 Å². The molecule has 0 unspecified atom stereocenters. The molecule has 0 radical (unpaired) electrons. The van der Waals surface area contributed by atoms with Gasteiger partial charge >= 0.3 is 0 Å². The molecular weight excluding hydrogens is 230 g/mol. The van der Waals surface area contributed by atoms with Crippen molar-refractivity contribution < 1.29 is 4.74 Å². The minimum atomic E-state index is 0.127. The first-order valence-electron chi connectivity index (χ1n) is 6.25. The van der Waals surface area contributed by atoms with Gasteiger partial charge in [-0.1, -0.05) is 5.18 Å². The largest absolute Gasteiger partial charge is 0.377 e. The molecule has 5 nitrogen and oxygen atoms in total. The van der Waals surface area contributed by atoms with Crippen molar-refractivity contribution >= 4 is 0 Å². The van der Waals surface area contributed by atoms with Crippen LogP contribution in [0, 0.1) is 16.2 Å². The van der Waals surface area contributed by atoms with Crippen LogP contribution in [0.4, 0.5) is 0 Å². The second kappa shape index (κ2) is 9.37. The summed E-state index contributed by atoms with van der Waals surface area (Å²) in [6.45, 7) is 2.80. The Morgan fingerprint density at radius 3 is 2.83 bits per heavy atom. The van der Waals surface area contributed by atoms with Crippen LogP contribution >= 0.6 is 0 Å². The Balaban J connectivity index is 2.29. The molecule has 0 N–H and O–H groups in total. The highest BCUT2D eigenvalue weighted by atomic mass is 16.5. The van der Waals surface area contributed by atoms with Gasteiger partial charge in [-0.3, -0.25) is 0 Å². The first-order chi connectivity index (χ1) is 8.86. The zero-order chi connectivity index (χ0) is 13.1. The Kier molecular flexibility index (Phi) is 7.49. The van der Waals surface area contributed by atoms with E-state index in [1.165, 1.54) is 19.3 Å². The van der Waals surface area contributed by atoms with Crippen molar-refractivity contribution in [3.05, 3.63) is 28.8 Å². The molecule has 18 heavy (non-hydrogen) atoms. The number of hydrogen-bond donors (Lipinski definition) is 0. The second-order valence-electron chi connectivity index (χ2n) is 4.15. The number of allylic oxidation sites excluding steroid dienone is 2. The molecule has 1 heterocycles. The summed E-state index contributed by atoms with van der Waals surface area (Å²) in [7, 11) is 0. The van der Waals surface area contributed by atoms with Crippen LogP contribution < -0.4 is 0 Å². The Bertz CT molecular complexity index is 339. The zero-order valence-electron chi connectivity index (χ0n) is 10.5.